The fourth-order valence-corrected chi connectivity index (χ4v) is 3.66. The zero-order valence-corrected chi connectivity index (χ0v) is 15.1. The summed E-state index contributed by atoms with van der Waals surface area (Å²) in [5.74, 6) is 0.0517. The molecule has 4 aromatic rings. The highest BCUT2D eigenvalue weighted by atomic mass is 35.5. The number of nitrogens with one attached hydrogen (secondary N) is 1. The number of pyridine rings is 1. The number of carbonyl (C=O) groups is 1. The van der Waals surface area contributed by atoms with Crippen LogP contribution in [-0.4, -0.2) is 24.8 Å². The van der Waals surface area contributed by atoms with Gasteiger partial charge < -0.3 is 5.32 Å². The molecule has 0 unspecified atom stereocenters. The SMILES string of the molecule is Cn1nccc1C(=O)Nc1ccc2c3cc(Cl)cc(Cl)c3n(Cl)c2n1. The van der Waals surface area contributed by atoms with Gasteiger partial charge in [-0.1, -0.05) is 23.2 Å². The predicted octanol–water partition coefficient (Wildman–Crippen LogP) is 4.48. The number of aromatic nitrogens is 4. The molecular weight excluding hydrogens is 385 g/mol. The van der Waals surface area contributed by atoms with Crippen LogP contribution in [0.2, 0.25) is 10.0 Å². The summed E-state index contributed by atoms with van der Waals surface area (Å²) in [5.41, 5.74) is 1.51. The Morgan fingerprint density at radius 2 is 1.96 bits per heavy atom. The number of amides is 1. The van der Waals surface area contributed by atoms with Crippen molar-refractivity contribution in [2.24, 2.45) is 7.05 Å². The number of carbonyl (C=O) groups excluding carboxylic acids is 1. The van der Waals surface area contributed by atoms with E-state index in [0.717, 1.165) is 10.8 Å². The van der Waals surface area contributed by atoms with Crippen molar-refractivity contribution >= 4 is 68.6 Å². The first kappa shape index (κ1) is 16.2. The average molecular weight is 395 g/mol. The number of aryl methyl sites for hydroxylation is 1. The topological polar surface area (TPSA) is 64.7 Å². The lowest BCUT2D eigenvalue weighted by molar-refractivity contribution is 0.101. The lowest BCUT2D eigenvalue weighted by Gasteiger charge is -2.05. The second-order valence-electron chi connectivity index (χ2n) is 5.43. The zero-order valence-electron chi connectivity index (χ0n) is 12.8. The van der Waals surface area contributed by atoms with Crippen LogP contribution < -0.4 is 5.32 Å². The number of hydrogen-bond acceptors (Lipinski definition) is 3. The Labute approximate surface area is 157 Å². The van der Waals surface area contributed by atoms with Crippen LogP contribution in [0.4, 0.5) is 5.82 Å². The van der Waals surface area contributed by atoms with Gasteiger partial charge in [0.05, 0.1) is 10.5 Å². The first-order valence-electron chi connectivity index (χ1n) is 7.21. The second kappa shape index (κ2) is 5.91. The molecule has 0 fully saturated rings. The van der Waals surface area contributed by atoms with Crippen molar-refractivity contribution in [3.63, 3.8) is 0 Å². The van der Waals surface area contributed by atoms with Crippen molar-refractivity contribution in [2.45, 2.75) is 0 Å². The molecule has 25 heavy (non-hydrogen) atoms. The number of nitrogens with zero attached hydrogens (tertiary/aromatic N) is 4. The van der Waals surface area contributed by atoms with Gasteiger partial charge in [-0.25, -0.2) is 9.07 Å². The summed E-state index contributed by atoms with van der Waals surface area (Å²) in [6.45, 7) is 0. The van der Waals surface area contributed by atoms with Gasteiger partial charge in [-0.15, -0.1) is 0 Å². The van der Waals surface area contributed by atoms with Gasteiger partial charge in [-0.2, -0.15) is 5.10 Å². The highest BCUT2D eigenvalue weighted by Crippen LogP contribution is 2.36. The Morgan fingerprint density at radius 3 is 2.68 bits per heavy atom. The fourth-order valence-electron chi connectivity index (χ4n) is 2.73. The van der Waals surface area contributed by atoms with E-state index in [9.17, 15) is 4.79 Å². The number of rotatable bonds is 2. The van der Waals surface area contributed by atoms with Gasteiger partial charge in [0.25, 0.3) is 5.91 Å². The Kier molecular flexibility index (Phi) is 3.83. The Morgan fingerprint density at radius 1 is 1.16 bits per heavy atom. The van der Waals surface area contributed by atoms with Gasteiger partial charge in [0.1, 0.15) is 11.5 Å². The standard InChI is InChI=1S/C16H10Cl3N5O/c1-23-12(4-5-20-23)16(25)22-13-3-2-9-10-6-8(17)7-11(18)14(10)24(19)15(9)21-13/h2-7H,1H3,(H,21,22,25). The van der Waals surface area contributed by atoms with E-state index in [4.69, 9.17) is 35.0 Å². The van der Waals surface area contributed by atoms with E-state index in [-0.39, 0.29) is 5.91 Å². The number of benzene rings is 1. The smallest absolute Gasteiger partial charge is 0.275 e. The molecule has 0 radical (unpaired) electrons. The molecule has 0 aliphatic heterocycles. The molecule has 1 aromatic carbocycles. The summed E-state index contributed by atoms with van der Waals surface area (Å²) in [7, 11) is 1.69. The number of halogens is 3. The van der Waals surface area contributed by atoms with Crippen LogP contribution in [0.5, 0.6) is 0 Å². The van der Waals surface area contributed by atoms with E-state index >= 15 is 0 Å². The summed E-state index contributed by atoms with van der Waals surface area (Å²) < 4.78 is 2.84. The lowest BCUT2D eigenvalue weighted by atomic mass is 10.2. The van der Waals surface area contributed by atoms with Crippen molar-refractivity contribution < 1.29 is 4.79 Å². The third-order valence-corrected chi connectivity index (χ3v) is 4.71. The van der Waals surface area contributed by atoms with Crippen LogP contribution in [0.3, 0.4) is 0 Å². The van der Waals surface area contributed by atoms with E-state index in [0.29, 0.717) is 32.7 Å². The highest BCUT2D eigenvalue weighted by molar-refractivity contribution is 6.41. The molecule has 0 saturated carbocycles. The van der Waals surface area contributed by atoms with E-state index in [2.05, 4.69) is 15.4 Å². The van der Waals surface area contributed by atoms with Crippen molar-refractivity contribution in [1.29, 1.82) is 0 Å². The third-order valence-electron chi connectivity index (χ3n) is 3.87. The molecule has 1 N–H and O–H groups in total. The number of hydrogen-bond donors (Lipinski definition) is 1. The molecular formula is C16H10Cl3N5O. The Hall–Kier alpha value is -2.28. The first-order valence-corrected chi connectivity index (χ1v) is 8.31. The molecule has 4 rings (SSSR count). The molecule has 0 aliphatic rings. The Bertz CT molecular complexity index is 1150. The number of fused-ring (bicyclic) bond motifs is 3. The van der Waals surface area contributed by atoms with E-state index in [1.54, 1.807) is 37.5 Å². The molecule has 6 nitrogen and oxygen atoms in total. The first-order chi connectivity index (χ1) is 12.0. The van der Waals surface area contributed by atoms with Crippen molar-refractivity contribution in [3.8, 4) is 0 Å². The average Bonchev–Trinajstić information content (AvgIpc) is 3.10. The maximum atomic E-state index is 12.3. The van der Waals surface area contributed by atoms with Crippen LogP contribution in [0, 0.1) is 0 Å². The largest absolute Gasteiger partial charge is 0.305 e. The summed E-state index contributed by atoms with van der Waals surface area (Å²) in [6, 6.07) is 8.53. The maximum Gasteiger partial charge on any atom is 0.275 e. The van der Waals surface area contributed by atoms with Crippen LogP contribution in [0.25, 0.3) is 21.9 Å². The molecule has 0 saturated heterocycles. The molecule has 0 atom stereocenters. The van der Waals surface area contributed by atoms with Crippen LogP contribution in [-0.2, 0) is 7.05 Å². The minimum atomic E-state index is -0.315. The second-order valence-corrected chi connectivity index (χ2v) is 6.61. The quantitative estimate of drug-likeness (QED) is 0.545. The maximum absolute atomic E-state index is 12.3. The minimum Gasteiger partial charge on any atom is -0.305 e. The van der Waals surface area contributed by atoms with Gasteiger partial charge in [-0.05, 0) is 30.3 Å². The van der Waals surface area contributed by atoms with Crippen molar-refractivity contribution in [3.05, 3.63) is 52.3 Å². The van der Waals surface area contributed by atoms with Crippen molar-refractivity contribution in [2.75, 3.05) is 5.32 Å². The van der Waals surface area contributed by atoms with Gasteiger partial charge in [0.15, 0.2) is 5.65 Å². The molecule has 3 aromatic heterocycles. The van der Waals surface area contributed by atoms with E-state index in [1.165, 1.54) is 8.77 Å². The van der Waals surface area contributed by atoms with Crippen LogP contribution in [0.1, 0.15) is 10.5 Å². The highest BCUT2D eigenvalue weighted by Gasteiger charge is 2.16. The van der Waals surface area contributed by atoms with Gasteiger partial charge in [-0.3, -0.25) is 9.48 Å². The zero-order chi connectivity index (χ0) is 17.7. The summed E-state index contributed by atoms with van der Waals surface area (Å²) in [6.07, 6.45) is 1.55. The monoisotopic (exact) mass is 393 g/mol. The molecule has 0 bridgehead atoms. The molecule has 126 valence electrons. The minimum absolute atomic E-state index is 0.315. The molecule has 0 aliphatic carbocycles. The molecule has 1 amide bonds. The van der Waals surface area contributed by atoms with Gasteiger partial charge in [0, 0.05) is 40.8 Å². The molecule has 0 spiro atoms. The summed E-state index contributed by atoms with van der Waals surface area (Å²) in [5, 5.41) is 9.22. The Balaban J connectivity index is 1.82. The van der Waals surface area contributed by atoms with Gasteiger partial charge in [0.2, 0.25) is 0 Å². The molecule has 3 heterocycles. The van der Waals surface area contributed by atoms with Crippen LogP contribution >= 0.6 is 35.0 Å². The predicted molar refractivity (Wildman–Crippen MR) is 99.7 cm³/mol. The number of anilines is 1. The van der Waals surface area contributed by atoms with Gasteiger partial charge >= 0.3 is 0 Å². The normalized spacial score (nSPS) is 11.4. The third kappa shape index (κ3) is 2.63. The summed E-state index contributed by atoms with van der Waals surface area (Å²) in [4.78, 5) is 16.7. The summed E-state index contributed by atoms with van der Waals surface area (Å²) >= 11 is 18.7. The lowest BCUT2D eigenvalue weighted by Crippen LogP contribution is -2.16. The van der Waals surface area contributed by atoms with E-state index in [1.807, 2.05) is 6.07 Å². The molecule has 9 heteroatoms. The van der Waals surface area contributed by atoms with E-state index < -0.39 is 0 Å². The van der Waals surface area contributed by atoms with Crippen LogP contribution in [0.15, 0.2) is 36.5 Å². The fraction of sp³-hybridized carbons (Fsp3) is 0.0625. The van der Waals surface area contributed by atoms with Crippen molar-refractivity contribution in [1.82, 2.24) is 18.9 Å².